The second-order valence-corrected chi connectivity index (χ2v) is 9.13. The summed E-state index contributed by atoms with van der Waals surface area (Å²) in [4.78, 5) is 29.1. The number of hydrogen-bond donors (Lipinski definition) is 0. The Morgan fingerprint density at radius 3 is 2.47 bits per heavy atom. The summed E-state index contributed by atoms with van der Waals surface area (Å²) in [6.07, 6.45) is 2.27. The van der Waals surface area contributed by atoms with Gasteiger partial charge in [-0.05, 0) is 68.1 Å². The van der Waals surface area contributed by atoms with Gasteiger partial charge in [0, 0.05) is 31.6 Å². The molecule has 2 aromatic carbocycles. The van der Waals surface area contributed by atoms with Gasteiger partial charge in [0.05, 0.1) is 0 Å². The Labute approximate surface area is 189 Å². The third-order valence-electron chi connectivity index (χ3n) is 6.69. The van der Waals surface area contributed by atoms with E-state index in [4.69, 9.17) is 4.74 Å². The minimum atomic E-state index is -0.833. The van der Waals surface area contributed by atoms with Gasteiger partial charge in [-0.3, -0.25) is 14.5 Å². The highest BCUT2D eigenvalue weighted by atomic mass is 19.1. The van der Waals surface area contributed by atoms with Gasteiger partial charge in [-0.25, -0.2) is 4.39 Å². The first-order valence-corrected chi connectivity index (χ1v) is 11.5. The average Bonchev–Trinajstić information content (AvgIpc) is 3.10. The summed E-state index contributed by atoms with van der Waals surface area (Å²) < 4.78 is 19.3. The first-order chi connectivity index (χ1) is 15.4. The predicted molar refractivity (Wildman–Crippen MR) is 120 cm³/mol. The van der Waals surface area contributed by atoms with Crippen molar-refractivity contribution < 1.29 is 18.7 Å². The summed E-state index contributed by atoms with van der Waals surface area (Å²) in [6.45, 7) is 7.47. The lowest BCUT2D eigenvalue weighted by atomic mass is 9.91. The Balaban J connectivity index is 1.36. The molecule has 6 heteroatoms. The second-order valence-electron chi connectivity index (χ2n) is 9.13. The molecule has 0 aromatic heterocycles. The minimum Gasteiger partial charge on any atom is -0.453 e. The predicted octanol–water partition coefficient (Wildman–Crippen LogP) is 4.36. The monoisotopic (exact) mass is 438 g/mol. The smallest absolute Gasteiger partial charge is 0.306 e. The van der Waals surface area contributed by atoms with Gasteiger partial charge in [0.25, 0.3) is 5.91 Å². The summed E-state index contributed by atoms with van der Waals surface area (Å²) in [6, 6.07) is 14.1. The number of halogens is 1. The fraction of sp³-hybridized carbons (Fsp3) is 0.462. The highest BCUT2D eigenvalue weighted by molar-refractivity contribution is 5.98. The van der Waals surface area contributed by atoms with E-state index in [0.29, 0.717) is 25.4 Å². The standard InChI is InChI=1S/C26H31FN2O3/c1-3-24(30)32-26(2,21-8-10-22(27)11-9-21)18-28-14-12-19(13-15-28)16-29-17-20-6-4-5-7-23(20)25(29)31/h4-11,19H,3,12-18H2,1-2H3. The van der Waals surface area contributed by atoms with Crippen LogP contribution in [-0.2, 0) is 21.7 Å². The van der Waals surface area contributed by atoms with Crippen molar-refractivity contribution in [3.05, 3.63) is 71.0 Å². The first-order valence-electron chi connectivity index (χ1n) is 11.5. The Hall–Kier alpha value is -2.73. The van der Waals surface area contributed by atoms with Gasteiger partial charge in [-0.1, -0.05) is 37.3 Å². The van der Waals surface area contributed by atoms with Gasteiger partial charge in [-0.15, -0.1) is 0 Å². The van der Waals surface area contributed by atoms with Crippen molar-refractivity contribution in [3.63, 3.8) is 0 Å². The number of piperidine rings is 1. The molecule has 2 heterocycles. The molecule has 2 aliphatic rings. The SMILES string of the molecule is CCC(=O)OC(C)(CN1CCC(CN2Cc3ccccc3C2=O)CC1)c1ccc(F)cc1. The van der Waals surface area contributed by atoms with Crippen LogP contribution in [0.15, 0.2) is 48.5 Å². The number of benzene rings is 2. The quantitative estimate of drug-likeness (QED) is 0.603. The van der Waals surface area contributed by atoms with Crippen LogP contribution in [0.1, 0.15) is 54.6 Å². The topological polar surface area (TPSA) is 49.9 Å². The molecule has 0 N–H and O–H groups in total. The third-order valence-corrected chi connectivity index (χ3v) is 6.69. The molecule has 2 aliphatic heterocycles. The summed E-state index contributed by atoms with van der Waals surface area (Å²) in [7, 11) is 0. The van der Waals surface area contributed by atoms with Gasteiger partial charge in [0.15, 0.2) is 0 Å². The van der Waals surface area contributed by atoms with Crippen molar-refractivity contribution in [2.75, 3.05) is 26.2 Å². The van der Waals surface area contributed by atoms with Crippen LogP contribution in [0.4, 0.5) is 4.39 Å². The van der Waals surface area contributed by atoms with Crippen molar-refractivity contribution in [1.29, 1.82) is 0 Å². The number of ether oxygens (including phenoxy) is 1. The number of rotatable bonds is 7. The maximum Gasteiger partial charge on any atom is 0.306 e. The molecular formula is C26H31FN2O3. The molecule has 1 fully saturated rings. The van der Waals surface area contributed by atoms with Crippen LogP contribution in [0.3, 0.4) is 0 Å². The number of amides is 1. The van der Waals surface area contributed by atoms with Crippen molar-refractivity contribution in [3.8, 4) is 0 Å². The number of esters is 1. The van der Waals surface area contributed by atoms with E-state index in [0.717, 1.165) is 49.2 Å². The fourth-order valence-electron chi connectivity index (χ4n) is 4.84. The lowest BCUT2D eigenvalue weighted by molar-refractivity contribution is -0.161. The maximum absolute atomic E-state index is 13.4. The summed E-state index contributed by atoms with van der Waals surface area (Å²) in [5, 5.41) is 0. The van der Waals surface area contributed by atoms with E-state index < -0.39 is 5.60 Å². The first kappa shape index (κ1) is 22.5. The molecule has 0 radical (unpaired) electrons. The number of likely N-dealkylation sites (tertiary alicyclic amines) is 1. The molecule has 32 heavy (non-hydrogen) atoms. The zero-order valence-electron chi connectivity index (χ0n) is 18.9. The number of nitrogens with zero attached hydrogens (tertiary/aromatic N) is 2. The highest BCUT2D eigenvalue weighted by Crippen LogP contribution is 2.31. The van der Waals surface area contributed by atoms with Gasteiger partial charge < -0.3 is 9.64 Å². The molecule has 0 bridgehead atoms. The molecule has 0 spiro atoms. The van der Waals surface area contributed by atoms with E-state index in [2.05, 4.69) is 4.90 Å². The summed E-state index contributed by atoms with van der Waals surface area (Å²) in [5.41, 5.74) is 1.91. The fourth-order valence-corrected chi connectivity index (χ4v) is 4.84. The van der Waals surface area contributed by atoms with E-state index in [1.807, 2.05) is 36.1 Å². The zero-order valence-corrected chi connectivity index (χ0v) is 18.9. The van der Waals surface area contributed by atoms with Crippen LogP contribution in [0.2, 0.25) is 0 Å². The maximum atomic E-state index is 13.4. The van der Waals surface area contributed by atoms with E-state index >= 15 is 0 Å². The van der Waals surface area contributed by atoms with Crippen LogP contribution in [0, 0.1) is 11.7 Å². The normalized spacial score (nSPS) is 19.0. The molecule has 170 valence electrons. The van der Waals surface area contributed by atoms with Crippen LogP contribution in [-0.4, -0.2) is 47.9 Å². The number of hydrogen-bond acceptors (Lipinski definition) is 4. The van der Waals surface area contributed by atoms with Crippen molar-refractivity contribution in [2.24, 2.45) is 5.92 Å². The molecule has 5 nitrogen and oxygen atoms in total. The van der Waals surface area contributed by atoms with Crippen LogP contribution in [0.5, 0.6) is 0 Å². The van der Waals surface area contributed by atoms with E-state index in [1.165, 1.54) is 12.1 Å². The highest BCUT2D eigenvalue weighted by Gasteiger charge is 2.35. The largest absolute Gasteiger partial charge is 0.453 e. The van der Waals surface area contributed by atoms with Gasteiger partial charge in [0.2, 0.25) is 0 Å². The Kier molecular flexibility index (Phi) is 6.60. The molecule has 1 saturated heterocycles. The van der Waals surface area contributed by atoms with Crippen LogP contribution < -0.4 is 0 Å². The summed E-state index contributed by atoms with van der Waals surface area (Å²) in [5.74, 6) is 0.0225. The molecular weight excluding hydrogens is 407 g/mol. The van der Waals surface area contributed by atoms with Crippen LogP contribution in [0.25, 0.3) is 0 Å². The molecule has 1 amide bonds. The third kappa shape index (κ3) is 4.85. The van der Waals surface area contributed by atoms with E-state index in [-0.39, 0.29) is 17.7 Å². The lowest BCUT2D eigenvalue weighted by Crippen LogP contribution is -2.46. The molecule has 4 rings (SSSR count). The molecule has 2 aromatic rings. The van der Waals surface area contributed by atoms with Gasteiger partial charge in [0.1, 0.15) is 11.4 Å². The molecule has 1 atom stereocenters. The number of carbonyl (C=O) groups excluding carboxylic acids is 2. The Morgan fingerprint density at radius 1 is 1.12 bits per heavy atom. The molecule has 0 aliphatic carbocycles. The van der Waals surface area contributed by atoms with E-state index in [9.17, 15) is 14.0 Å². The molecule has 1 unspecified atom stereocenters. The van der Waals surface area contributed by atoms with Gasteiger partial charge in [-0.2, -0.15) is 0 Å². The number of carbonyl (C=O) groups is 2. The average molecular weight is 439 g/mol. The lowest BCUT2D eigenvalue weighted by Gasteiger charge is -2.39. The Bertz CT molecular complexity index is 969. The van der Waals surface area contributed by atoms with E-state index in [1.54, 1.807) is 19.1 Å². The van der Waals surface area contributed by atoms with Gasteiger partial charge >= 0.3 is 5.97 Å². The summed E-state index contributed by atoms with van der Waals surface area (Å²) >= 11 is 0. The molecule has 0 saturated carbocycles. The second kappa shape index (κ2) is 9.41. The van der Waals surface area contributed by atoms with Crippen LogP contribution >= 0.6 is 0 Å². The van der Waals surface area contributed by atoms with Crippen molar-refractivity contribution >= 4 is 11.9 Å². The number of fused-ring (bicyclic) bond motifs is 1. The minimum absolute atomic E-state index is 0.137. The van der Waals surface area contributed by atoms with Crippen molar-refractivity contribution in [1.82, 2.24) is 9.80 Å². The zero-order chi connectivity index (χ0) is 22.7. The Morgan fingerprint density at radius 2 is 1.81 bits per heavy atom. The van der Waals surface area contributed by atoms with Crippen molar-refractivity contribution in [2.45, 2.75) is 45.3 Å².